The van der Waals surface area contributed by atoms with Crippen molar-refractivity contribution in [3.8, 4) is 17.2 Å². The first-order valence-electron chi connectivity index (χ1n) is 8.89. The Labute approximate surface area is 181 Å². The van der Waals surface area contributed by atoms with Crippen molar-refractivity contribution in [3.05, 3.63) is 76.8 Å². The highest BCUT2D eigenvalue weighted by atomic mass is 35.5. The number of esters is 1. The number of methoxy groups -OCH3 is 2. The van der Waals surface area contributed by atoms with E-state index in [1.54, 1.807) is 42.5 Å². The highest BCUT2D eigenvalue weighted by Gasteiger charge is 2.31. The van der Waals surface area contributed by atoms with Gasteiger partial charge in [-0.15, -0.1) is 0 Å². The van der Waals surface area contributed by atoms with Gasteiger partial charge in [0.25, 0.3) is 0 Å². The molecular weight excluding hydrogens is 435 g/mol. The summed E-state index contributed by atoms with van der Waals surface area (Å²) in [6.07, 6.45) is -4.49. The molecule has 3 aromatic carbocycles. The minimum absolute atomic E-state index is 0.0958. The SMILES string of the molecule is COC(=O)c1cc(OC)ccc1Nc1ccc(Oc2ccc(C(F)(F)F)cc2Cl)cc1. The summed E-state index contributed by atoms with van der Waals surface area (Å²) >= 11 is 5.92. The van der Waals surface area contributed by atoms with Gasteiger partial charge in [-0.3, -0.25) is 0 Å². The highest BCUT2D eigenvalue weighted by Crippen LogP contribution is 2.36. The lowest BCUT2D eigenvalue weighted by Crippen LogP contribution is -2.06. The Morgan fingerprint density at radius 2 is 1.61 bits per heavy atom. The Morgan fingerprint density at radius 1 is 0.935 bits per heavy atom. The number of carbonyl (C=O) groups excluding carboxylic acids is 1. The Kier molecular flexibility index (Phi) is 6.60. The van der Waals surface area contributed by atoms with Crippen LogP contribution in [0.25, 0.3) is 0 Å². The molecule has 0 unspecified atom stereocenters. The van der Waals surface area contributed by atoms with E-state index in [1.807, 2.05) is 0 Å². The van der Waals surface area contributed by atoms with E-state index in [9.17, 15) is 18.0 Å². The van der Waals surface area contributed by atoms with Gasteiger partial charge in [0.1, 0.15) is 17.2 Å². The van der Waals surface area contributed by atoms with E-state index in [0.717, 1.165) is 18.2 Å². The lowest BCUT2D eigenvalue weighted by Gasteiger charge is -2.13. The van der Waals surface area contributed by atoms with E-state index in [2.05, 4.69) is 5.32 Å². The van der Waals surface area contributed by atoms with Gasteiger partial charge >= 0.3 is 12.1 Å². The van der Waals surface area contributed by atoms with Gasteiger partial charge in [-0.05, 0) is 60.7 Å². The first-order valence-corrected chi connectivity index (χ1v) is 9.27. The Morgan fingerprint density at radius 3 is 2.19 bits per heavy atom. The van der Waals surface area contributed by atoms with Gasteiger partial charge in [-0.1, -0.05) is 11.6 Å². The van der Waals surface area contributed by atoms with Crippen LogP contribution in [-0.2, 0) is 10.9 Å². The number of alkyl halides is 3. The number of rotatable bonds is 6. The number of ether oxygens (including phenoxy) is 3. The molecule has 0 fully saturated rings. The van der Waals surface area contributed by atoms with Crippen molar-refractivity contribution < 1.29 is 32.2 Å². The molecule has 0 radical (unpaired) electrons. The van der Waals surface area contributed by atoms with E-state index in [1.165, 1.54) is 14.2 Å². The molecule has 0 spiro atoms. The maximum absolute atomic E-state index is 12.8. The molecule has 3 aromatic rings. The van der Waals surface area contributed by atoms with Crippen molar-refractivity contribution >= 4 is 28.9 Å². The number of benzene rings is 3. The zero-order chi connectivity index (χ0) is 22.6. The first kappa shape index (κ1) is 22.3. The summed E-state index contributed by atoms with van der Waals surface area (Å²) in [5, 5.41) is 2.95. The lowest BCUT2D eigenvalue weighted by molar-refractivity contribution is -0.137. The standard InChI is InChI=1S/C22H17ClF3NO4/c1-29-16-8-9-19(17(12-16)21(28)30-2)27-14-4-6-15(7-5-14)31-20-10-3-13(11-18(20)23)22(24,25)26/h3-12,27H,1-2H3. The molecule has 1 N–H and O–H groups in total. The Bertz CT molecular complexity index is 1090. The molecular formula is C22H17ClF3NO4. The minimum atomic E-state index is -4.49. The fraction of sp³-hybridized carbons (Fsp3) is 0.136. The third-order valence-corrected chi connectivity index (χ3v) is 4.55. The Balaban J connectivity index is 1.77. The number of hydrogen-bond acceptors (Lipinski definition) is 5. The first-order chi connectivity index (χ1) is 14.7. The molecule has 0 aromatic heterocycles. The van der Waals surface area contributed by atoms with Gasteiger partial charge in [-0.2, -0.15) is 13.2 Å². The monoisotopic (exact) mass is 451 g/mol. The van der Waals surface area contributed by atoms with Crippen molar-refractivity contribution in [3.63, 3.8) is 0 Å². The fourth-order valence-electron chi connectivity index (χ4n) is 2.69. The predicted molar refractivity (Wildman–Crippen MR) is 111 cm³/mol. The Hall–Kier alpha value is -3.39. The molecule has 0 heterocycles. The molecule has 162 valence electrons. The smallest absolute Gasteiger partial charge is 0.416 e. The van der Waals surface area contributed by atoms with E-state index in [-0.39, 0.29) is 10.8 Å². The van der Waals surface area contributed by atoms with Gasteiger partial charge < -0.3 is 19.5 Å². The third kappa shape index (κ3) is 5.40. The molecule has 0 aliphatic rings. The average Bonchev–Trinajstić information content (AvgIpc) is 2.75. The largest absolute Gasteiger partial charge is 0.497 e. The second-order valence-electron chi connectivity index (χ2n) is 6.30. The quantitative estimate of drug-likeness (QED) is 0.423. The van der Waals surface area contributed by atoms with Crippen molar-refractivity contribution in [2.45, 2.75) is 6.18 Å². The fourth-order valence-corrected chi connectivity index (χ4v) is 2.91. The van der Waals surface area contributed by atoms with Gasteiger partial charge in [0.05, 0.1) is 36.1 Å². The maximum Gasteiger partial charge on any atom is 0.416 e. The second-order valence-corrected chi connectivity index (χ2v) is 6.70. The van der Waals surface area contributed by atoms with Crippen molar-refractivity contribution in [1.29, 1.82) is 0 Å². The molecule has 3 rings (SSSR count). The summed E-state index contributed by atoms with van der Waals surface area (Å²) in [4.78, 5) is 12.0. The summed E-state index contributed by atoms with van der Waals surface area (Å²) in [5.74, 6) is 0.440. The molecule has 9 heteroatoms. The van der Waals surface area contributed by atoms with Crippen molar-refractivity contribution in [2.24, 2.45) is 0 Å². The summed E-state index contributed by atoms with van der Waals surface area (Å²) < 4.78 is 53.8. The second kappa shape index (κ2) is 9.18. The van der Waals surface area contributed by atoms with Gasteiger partial charge in [0.15, 0.2) is 0 Å². The summed E-state index contributed by atoms with van der Waals surface area (Å²) in [5.41, 5.74) is 0.581. The number of nitrogens with one attached hydrogen (secondary N) is 1. The van der Waals surface area contributed by atoms with Crippen LogP contribution in [0.15, 0.2) is 60.7 Å². The highest BCUT2D eigenvalue weighted by molar-refractivity contribution is 6.32. The van der Waals surface area contributed by atoms with Crippen molar-refractivity contribution in [1.82, 2.24) is 0 Å². The summed E-state index contributed by atoms with van der Waals surface area (Å²) in [6.45, 7) is 0. The number of anilines is 2. The minimum Gasteiger partial charge on any atom is -0.497 e. The van der Waals surface area contributed by atoms with Crippen LogP contribution < -0.4 is 14.8 Å². The maximum atomic E-state index is 12.8. The van der Waals surface area contributed by atoms with E-state index >= 15 is 0 Å². The molecule has 0 atom stereocenters. The van der Waals surface area contributed by atoms with Crippen LogP contribution in [0.2, 0.25) is 5.02 Å². The van der Waals surface area contributed by atoms with Gasteiger partial charge in [-0.25, -0.2) is 4.79 Å². The topological polar surface area (TPSA) is 56.8 Å². The summed E-state index contributed by atoms with van der Waals surface area (Å²) in [7, 11) is 2.77. The lowest BCUT2D eigenvalue weighted by atomic mass is 10.1. The van der Waals surface area contributed by atoms with Crippen LogP contribution in [0.1, 0.15) is 15.9 Å². The molecule has 0 bridgehead atoms. The molecule has 0 aliphatic heterocycles. The predicted octanol–water partition coefficient (Wildman–Crippen LogP) is 6.69. The molecule has 0 aliphatic carbocycles. The summed E-state index contributed by atoms with van der Waals surface area (Å²) in [6, 6.07) is 14.4. The van der Waals surface area contributed by atoms with Crippen LogP contribution in [0.3, 0.4) is 0 Å². The molecule has 5 nitrogen and oxygen atoms in total. The molecule has 0 saturated carbocycles. The molecule has 31 heavy (non-hydrogen) atoms. The van der Waals surface area contributed by atoms with Crippen LogP contribution in [0, 0.1) is 0 Å². The third-order valence-electron chi connectivity index (χ3n) is 4.25. The zero-order valence-electron chi connectivity index (χ0n) is 16.4. The van der Waals surface area contributed by atoms with E-state index < -0.39 is 17.7 Å². The average molecular weight is 452 g/mol. The van der Waals surface area contributed by atoms with E-state index in [4.69, 9.17) is 25.8 Å². The van der Waals surface area contributed by atoms with Crippen LogP contribution >= 0.6 is 11.6 Å². The molecule has 0 amide bonds. The molecule has 0 saturated heterocycles. The number of hydrogen-bond donors (Lipinski definition) is 1. The van der Waals surface area contributed by atoms with Crippen LogP contribution in [0.4, 0.5) is 24.5 Å². The van der Waals surface area contributed by atoms with Crippen LogP contribution in [0.5, 0.6) is 17.2 Å². The number of carbonyl (C=O) groups is 1. The number of halogens is 4. The van der Waals surface area contributed by atoms with Gasteiger partial charge in [0.2, 0.25) is 0 Å². The van der Waals surface area contributed by atoms with Crippen LogP contribution in [-0.4, -0.2) is 20.2 Å². The van der Waals surface area contributed by atoms with E-state index in [0.29, 0.717) is 28.4 Å². The van der Waals surface area contributed by atoms with Gasteiger partial charge in [0, 0.05) is 5.69 Å². The normalized spacial score (nSPS) is 11.0. The zero-order valence-corrected chi connectivity index (χ0v) is 17.2. The van der Waals surface area contributed by atoms with Crippen molar-refractivity contribution in [2.75, 3.05) is 19.5 Å².